The number of carbonyl (C=O) groups is 1. The molecule has 2 heterocycles. The van der Waals surface area contributed by atoms with Crippen molar-refractivity contribution in [2.45, 2.75) is 19.9 Å². The number of hydrogen-bond acceptors (Lipinski definition) is 2. The zero-order valence-electron chi connectivity index (χ0n) is 9.85. The highest BCUT2D eigenvalue weighted by Gasteiger charge is 2.42. The van der Waals surface area contributed by atoms with Crippen LogP contribution in [0.1, 0.15) is 13.8 Å². The average molecular weight is 222 g/mol. The molecule has 0 aliphatic carbocycles. The van der Waals surface area contributed by atoms with Crippen molar-refractivity contribution in [1.29, 1.82) is 0 Å². The molecule has 2 aliphatic rings. The van der Waals surface area contributed by atoms with Crippen LogP contribution in [0.5, 0.6) is 0 Å². The Bertz CT molecular complexity index is 336. The van der Waals surface area contributed by atoms with Crippen molar-refractivity contribution < 1.29 is 9.63 Å². The fourth-order valence-corrected chi connectivity index (χ4v) is 2.28. The normalized spacial score (nSPS) is 24.1. The van der Waals surface area contributed by atoms with Crippen molar-refractivity contribution >= 4 is 6.03 Å². The maximum Gasteiger partial charge on any atom is 0.344 e. The smallest absolute Gasteiger partial charge is 0.317 e. The first-order valence-corrected chi connectivity index (χ1v) is 5.67. The first kappa shape index (κ1) is 11.2. The summed E-state index contributed by atoms with van der Waals surface area (Å²) in [5.74, 6) is 0.452. The van der Waals surface area contributed by atoms with Gasteiger partial charge in [-0.3, -0.25) is 4.84 Å². The molecule has 2 rings (SSSR count). The topological polar surface area (TPSA) is 32.8 Å². The van der Waals surface area contributed by atoms with Crippen molar-refractivity contribution in [3.8, 4) is 0 Å². The standard InChI is InChI=1S/C12H18N2O2/c1-4-7-16-14-11-8-13(12(14)15)6-5-10(11)9(2)3/h4-5,9,11H,1,6-8H2,2-3H3. The van der Waals surface area contributed by atoms with E-state index in [1.54, 1.807) is 11.0 Å². The Morgan fingerprint density at radius 3 is 3.06 bits per heavy atom. The molecule has 0 aromatic heterocycles. The van der Waals surface area contributed by atoms with Crippen LogP contribution in [0, 0.1) is 5.92 Å². The monoisotopic (exact) mass is 222 g/mol. The molecule has 0 aromatic rings. The minimum Gasteiger partial charge on any atom is -0.317 e. The number of amides is 2. The predicted molar refractivity (Wildman–Crippen MR) is 61.7 cm³/mol. The van der Waals surface area contributed by atoms with E-state index in [4.69, 9.17) is 4.84 Å². The number of rotatable bonds is 4. The van der Waals surface area contributed by atoms with Crippen LogP contribution in [0.15, 0.2) is 24.3 Å². The molecule has 0 saturated carbocycles. The lowest BCUT2D eigenvalue weighted by molar-refractivity contribution is -0.111. The highest BCUT2D eigenvalue weighted by atomic mass is 16.7. The summed E-state index contributed by atoms with van der Waals surface area (Å²) in [4.78, 5) is 19.2. The van der Waals surface area contributed by atoms with Gasteiger partial charge in [0, 0.05) is 13.1 Å². The van der Waals surface area contributed by atoms with E-state index in [1.807, 2.05) is 0 Å². The van der Waals surface area contributed by atoms with Crippen molar-refractivity contribution in [3.05, 3.63) is 24.3 Å². The summed E-state index contributed by atoms with van der Waals surface area (Å²) in [6.07, 6.45) is 3.80. The predicted octanol–water partition coefficient (Wildman–Crippen LogP) is 1.81. The molecule has 16 heavy (non-hydrogen) atoms. The zero-order chi connectivity index (χ0) is 11.7. The number of carbonyl (C=O) groups excluding carboxylic acids is 1. The Kier molecular flexibility index (Phi) is 3.01. The van der Waals surface area contributed by atoms with Crippen molar-refractivity contribution in [2.75, 3.05) is 19.7 Å². The fourth-order valence-electron chi connectivity index (χ4n) is 2.28. The van der Waals surface area contributed by atoms with E-state index in [-0.39, 0.29) is 12.1 Å². The Morgan fingerprint density at radius 1 is 1.69 bits per heavy atom. The van der Waals surface area contributed by atoms with Gasteiger partial charge in [0.1, 0.15) is 6.04 Å². The van der Waals surface area contributed by atoms with E-state index < -0.39 is 0 Å². The second kappa shape index (κ2) is 4.29. The second-order valence-electron chi connectivity index (χ2n) is 4.47. The first-order valence-electron chi connectivity index (χ1n) is 5.67. The van der Waals surface area contributed by atoms with Crippen LogP contribution in [0.25, 0.3) is 0 Å². The lowest BCUT2D eigenvalue weighted by Gasteiger charge is -2.26. The SMILES string of the molecule is C=CCON1C(=O)N2CC=C(C(C)C)C1C2. The highest BCUT2D eigenvalue weighted by molar-refractivity contribution is 5.77. The Labute approximate surface area is 96.1 Å². The van der Waals surface area contributed by atoms with Crippen LogP contribution in [0.4, 0.5) is 4.79 Å². The molecule has 2 aliphatic heterocycles. The van der Waals surface area contributed by atoms with E-state index in [0.29, 0.717) is 19.1 Å². The van der Waals surface area contributed by atoms with Crippen LogP contribution in [0.3, 0.4) is 0 Å². The van der Waals surface area contributed by atoms with E-state index in [9.17, 15) is 4.79 Å². The molecule has 1 unspecified atom stereocenters. The molecule has 0 spiro atoms. The molecule has 4 heteroatoms. The summed E-state index contributed by atoms with van der Waals surface area (Å²) < 4.78 is 0. The quantitative estimate of drug-likeness (QED) is 0.679. The van der Waals surface area contributed by atoms with Gasteiger partial charge in [-0.25, -0.2) is 4.79 Å². The summed E-state index contributed by atoms with van der Waals surface area (Å²) in [6.45, 7) is 9.72. The third kappa shape index (κ3) is 1.73. The lowest BCUT2D eigenvalue weighted by Crippen LogP contribution is -2.36. The maximum atomic E-state index is 11.9. The van der Waals surface area contributed by atoms with E-state index in [1.165, 1.54) is 10.6 Å². The van der Waals surface area contributed by atoms with Gasteiger partial charge < -0.3 is 4.90 Å². The van der Waals surface area contributed by atoms with Gasteiger partial charge in [0.15, 0.2) is 0 Å². The van der Waals surface area contributed by atoms with Crippen LogP contribution in [-0.4, -0.2) is 41.7 Å². The number of urea groups is 1. The molecule has 2 bridgehead atoms. The third-order valence-electron chi connectivity index (χ3n) is 3.07. The van der Waals surface area contributed by atoms with Crippen LogP contribution < -0.4 is 0 Å². The van der Waals surface area contributed by atoms with Crippen molar-refractivity contribution in [3.63, 3.8) is 0 Å². The fraction of sp³-hybridized carbons (Fsp3) is 0.583. The van der Waals surface area contributed by atoms with Crippen LogP contribution in [-0.2, 0) is 4.84 Å². The number of hydroxylamine groups is 2. The third-order valence-corrected chi connectivity index (χ3v) is 3.07. The number of nitrogens with zero attached hydrogens (tertiary/aromatic N) is 2. The molecule has 4 nitrogen and oxygen atoms in total. The summed E-state index contributed by atoms with van der Waals surface area (Å²) in [6, 6.07) is 0.0555. The van der Waals surface area contributed by atoms with Gasteiger partial charge in [-0.15, -0.1) is 6.58 Å². The molecule has 1 saturated heterocycles. The Hall–Kier alpha value is -1.29. The number of hydrogen-bond donors (Lipinski definition) is 0. The summed E-state index contributed by atoms with van der Waals surface area (Å²) >= 11 is 0. The van der Waals surface area contributed by atoms with E-state index >= 15 is 0 Å². The Morgan fingerprint density at radius 2 is 2.44 bits per heavy atom. The van der Waals surface area contributed by atoms with Crippen LogP contribution in [0.2, 0.25) is 0 Å². The summed E-state index contributed by atoms with van der Waals surface area (Å²) in [7, 11) is 0. The number of fused-ring (bicyclic) bond motifs is 2. The minimum atomic E-state index is -0.0289. The second-order valence-corrected chi connectivity index (χ2v) is 4.47. The van der Waals surface area contributed by atoms with Gasteiger partial charge in [-0.2, -0.15) is 5.06 Å². The molecular formula is C12H18N2O2. The summed E-state index contributed by atoms with van der Waals surface area (Å²) in [5, 5.41) is 1.50. The average Bonchev–Trinajstić information content (AvgIpc) is 2.50. The molecule has 2 amide bonds. The molecule has 0 N–H and O–H groups in total. The molecule has 1 atom stereocenters. The maximum absolute atomic E-state index is 11.9. The van der Waals surface area contributed by atoms with Crippen LogP contribution >= 0.6 is 0 Å². The molecule has 0 aromatic carbocycles. The van der Waals surface area contributed by atoms with Gasteiger partial charge in [-0.05, 0) is 11.5 Å². The molecule has 1 fully saturated rings. The van der Waals surface area contributed by atoms with E-state index in [2.05, 4.69) is 26.5 Å². The van der Waals surface area contributed by atoms with E-state index in [0.717, 1.165) is 6.54 Å². The van der Waals surface area contributed by atoms with Gasteiger partial charge in [0.05, 0.1) is 6.61 Å². The molecule has 88 valence electrons. The van der Waals surface area contributed by atoms with Gasteiger partial charge in [0.2, 0.25) is 0 Å². The molecule has 0 radical (unpaired) electrons. The van der Waals surface area contributed by atoms with Gasteiger partial charge >= 0.3 is 6.03 Å². The van der Waals surface area contributed by atoms with Gasteiger partial charge in [0.25, 0.3) is 0 Å². The lowest BCUT2D eigenvalue weighted by atomic mass is 9.94. The van der Waals surface area contributed by atoms with Crippen molar-refractivity contribution in [1.82, 2.24) is 9.96 Å². The first-order chi connectivity index (χ1) is 7.65. The highest BCUT2D eigenvalue weighted by Crippen LogP contribution is 2.30. The summed E-state index contributed by atoms with van der Waals surface area (Å²) in [5.41, 5.74) is 1.30. The van der Waals surface area contributed by atoms with Crippen molar-refractivity contribution in [2.24, 2.45) is 5.92 Å². The largest absolute Gasteiger partial charge is 0.344 e. The Balaban J connectivity index is 2.17. The minimum absolute atomic E-state index is 0.0289. The van der Waals surface area contributed by atoms with Gasteiger partial charge in [-0.1, -0.05) is 26.0 Å². The zero-order valence-corrected chi connectivity index (χ0v) is 9.85. The molecular weight excluding hydrogens is 204 g/mol.